The summed E-state index contributed by atoms with van der Waals surface area (Å²) in [5.41, 5.74) is 5.74. The van der Waals surface area contributed by atoms with Crippen LogP contribution in [-0.4, -0.2) is 153 Å². The summed E-state index contributed by atoms with van der Waals surface area (Å²) in [5, 5.41) is 28.5. The van der Waals surface area contributed by atoms with Crippen molar-refractivity contribution in [2.24, 2.45) is 0 Å². The van der Waals surface area contributed by atoms with Crippen molar-refractivity contribution in [2.45, 2.75) is 20.5 Å². The van der Waals surface area contributed by atoms with Gasteiger partial charge in [0.2, 0.25) is 0 Å². The van der Waals surface area contributed by atoms with Crippen LogP contribution in [0.15, 0.2) is 72.8 Å². The molecule has 3 N–H and O–H groups in total. The highest BCUT2D eigenvalue weighted by molar-refractivity contribution is 5.93. The van der Waals surface area contributed by atoms with Gasteiger partial charge in [0, 0.05) is 7.11 Å². The minimum atomic E-state index is -1.10. The Bertz CT molecular complexity index is 1840. The van der Waals surface area contributed by atoms with E-state index in [0.29, 0.717) is 115 Å². The number of benzene rings is 4. The van der Waals surface area contributed by atoms with Gasteiger partial charge in [-0.15, -0.1) is 0 Å². The van der Waals surface area contributed by atoms with Crippen LogP contribution in [0.5, 0.6) is 17.2 Å². The zero-order valence-electron chi connectivity index (χ0n) is 37.0. The van der Waals surface area contributed by atoms with E-state index >= 15 is 0 Å². The van der Waals surface area contributed by atoms with Gasteiger partial charge in [-0.1, -0.05) is 30.3 Å². The van der Waals surface area contributed by atoms with Gasteiger partial charge in [-0.2, -0.15) is 0 Å². The second-order valence-electron chi connectivity index (χ2n) is 14.3. The number of aryl methyl sites for hydroxylation is 2. The number of aromatic carboxylic acids is 2. The minimum absolute atomic E-state index is 0.0366. The highest BCUT2D eigenvalue weighted by Crippen LogP contribution is 2.31. The van der Waals surface area contributed by atoms with E-state index in [0.717, 1.165) is 27.8 Å². The summed E-state index contributed by atoms with van der Waals surface area (Å²) in [6.07, 6.45) is 0. The van der Waals surface area contributed by atoms with E-state index in [1.807, 2.05) is 62.4 Å². The third kappa shape index (κ3) is 19.3. The van der Waals surface area contributed by atoms with Gasteiger partial charge in [0.05, 0.1) is 111 Å². The van der Waals surface area contributed by atoms with Crippen LogP contribution in [0.4, 0.5) is 0 Å². The van der Waals surface area contributed by atoms with Gasteiger partial charge in [0.15, 0.2) is 0 Å². The molecule has 0 heterocycles. The van der Waals surface area contributed by atoms with Crippen molar-refractivity contribution in [3.63, 3.8) is 0 Å². The van der Waals surface area contributed by atoms with Crippen molar-refractivity contribution in [1.82, 2.24) is 0 Å². The molecule has 0 saturated carbocycles. The smallest absolute Gasteiger partial charge is 0.339 e. The van der Waals surface area contributed by atoms with Crippen molar-refractivity contribution in [2.75, 3.05) is 126 Å². The molecule has 0 spiro atoms. The molecule has 16 heteroatoms. The summed E-state index contributed by atoms with van der Waals surface area (Å²) >= 11 is 0. The lowest BCUT2D eigenvalue weighted by Crippen LogP contribution is -2.13. The first-order valence-electron chi connectivity index (χ1n) is 21.2. The molecule has 0 radical (unpaired) electrons. The van der Waals surface area contributed by atoms with E-state index in [1.165, 1.54) is 0 Å². The number of carbonyl (C=O) groups is 2. The average Bonchev–Trinajstić information content (AvgIpc) is 3.28. The molecule has 0 atom stereocenters. The van der Waals surface area contributed by atoms with Crippen LogP contribution >= 0.6 is 0 Å². The molecule has 4 aromatic rings. The van der Waals surface area contributed by atoms with Gasteiger partial charge >= 0.3 is 11.9 Å². The molecule has 0 aliphatic heterocycles. The van der Waals surface area contributed by atoms with E-state index < -0.39 is 11.9 Å². The Kier molecular flexibility index (Phi) is 24.2. The zero-order valence-corrected chi connectivity index (χ0v) is 37.0. The lowest BCUT2D eigenvalue weighted by molar-refractivity contribution is 0.00436. The van der Waals surface area contributed by atoms with Crippen LogP contribution in [0, 0.1) is 13.8 Å². The van der Waals surface area contributed by atoms with Crippen LogP contribution in [-0.2, 0) is 44.5 Å². The van der Waals surface area contributed by atoms with E-state index in [-0.39, 0.29) is 49.9 Å². The van der Waals surface area contributed by atoms with Gasteiger partial charge < -0.3 is 67.4 Å². The maximum absolute atomic E-state index is 12.1. The number of rotatable bonds is 35. The molecular formula is C48H62O16. The molecule has 0 amide bonds. The Morgan fingerprint density at radius 3 is 1.34 bits per heavy atom. The fourth-order valence-corrected chi connectivity index (χ4v) is 6.20. The molecule has 0 bridgehead atoms. The molecule has 4 rings (SSSR count). The summed E-state index contributed by atoms with van der Waals surface area (Å²) in [6.45, 7) is 9.97. The quantitative estimate of drug-likeness (QED) is 0.0446. The molecule has 350 valence electrons. The Morgan fingerprint density at radius 1 is 0.438 bits per heavy atom. The van der Waals surface area contributed by atoms with Gasteiger partial charge in [0.25, 0.3) is 0 Å². The van der Waals surface area contributed by atoms with Gasteiger partial charge in [-0.3, -0.25) is 0 Å². The standard InChI is InChI=1S/C48H62O16/c1-35-26-40(37-4-5-39(44(32-37)47(50)51)34-61-19-18-57-13-12-55-9-8-49)30-42(28-35)62-23-20-58-16-17-59-21-24-63-43-29-36(2)27-41(31-43)38-6-7-46(45(33-38)48(52)53)64-25-22-60-15-14-56-11-10-54-3/h4-7,26-33,49H,8-25,34H2,1-3H3,(H,50,51)(H,52,53). The van der Waals surface area contributed by atoms with Crippen LogP contribution in [0.25, 0.3) is 22.3 Å². The molecule has 16 nitrogen and oxygen atoms in total. The number of carboxylic acid groups (broad SMARTS) is 2. The second kappa shape index (κ2) is 30.1. The van der Waals surface area contributed by atoms with Crippen LogP contribution in [0.1, 0.15) is 37.4 Å². The molecule has 64 heavy (non-hydrogen) atoms. The lowest BCUT2D eigenvalue weighted by Gasteiger charge is -2.13. The number of hydrogen-bond acceptors (Lipinski definition) is 14. The average molecular weight is 895 g/mol. The van der Waals surface area contributed by atoms with E-state index in [1.54, 1.807) is 31.4 Å². The Hall–Kier alpha value is -5.14. The molecule has 0 fully saturated rings. The molecule has 0 unspecified atom stereocenters. The van der Waals surface area contributed by atoms with Crippen molar-refractivity contribution >= 4 is 11.9 Å². The maximum atomic E-state index is 12.1. The van der Waals surface area contributed by atoms with E-state index in [4.69, 9.17) is 57.2 Å². The fourth-order valence-electron chi connectivity index (χ4n) is 6.20. The summed E-state index contributed by atoms with van der Waals surface area (Å²) in [7, 11) is 1.61. The first-order chi connectivity index (χ1) is 31.2. The van der Waals surface area contributed by atoms with Crippen molar-refractivity contribution in [3.05, 3.63) is 101 Å². The Labute approximate surface area is 374 Å². The largest absolute Gasteiger partial charge is 0.491 e. The van der Waals surface area contributed by atoms with E-state index in [2.05, 4.69) is 0 Å². The molecule has 0 aromatic heterocycles. The number of hydrogen-bond donors (Lipinski definition) is 3. The maximum Gasteiger partial charge on any atom is 0.339 e. The highest BCUT2D eigenvalue weighted by atomic mass is 16.6. The van der Waals surface area contributed by atoms with Crippen molar-refractivity contribution in [1.29, 1.82) is 0 Å². The monoisotopic (exact) mass is 894 g/mol. The fraction of sp³-hybridized carbons (Fsp3) is 0.458. The predicted octanol–water partition coefficient (Wildman–Crippen LogP) is 6.13. The molecule has 4 aromatic carbocycles. The number of ether oxygens (including phenoxy) is 11. The zero-order chi connectivity index (χ0) is 45.8. The van der Waals surface area contributed by atoms with Gasteiger partial charge in [0.1, 0.15) is 42.6 Å². The first kappa shape index (κ1) is 51.5. The number of methoxy groups -OCH3 is 1. The summed E-state index contributed by atoms with van der Waals surface area (Å²) in [6, 6.07) is 21.8. The van der Waals surface area contributed by atoms with Crippen LogP contribution in [0.3, 0.4) is 0 Å². The number of aliphatic hydroxyl groups excluding tert-OH is 1. The minimum Gasteiger partial charge on any atom is -0.491 e. The molecule has 0 saturated heterocycles. The summed E-state index contributed by atoms with van der Waals surface area (Å²) in [4.78, 5) is 24.2. The summed E-state index contributed by atoms with van der Waals surface area (Å²) in [5.74, 6) is -0.615. The van der Waals surface area contributed by atoms with Crippen LogP contribution in [0.2, 0.25) is 0 Å². The second-order valence-corrected chi connectivity index (χ2v) is 14.3. The third-order valence-electron chi connectivity index (χ3n) is 9.21. The van der Waals surface area contributed by atoms with Gasteiger partial charge in [-0.25, -0.2) is 9.59 Å². The predicted molar refractivity (Wildman–Crippen MR) is 237 cm³/mol. The highest BCUT2D eigenvalue weighted by Gasteiger charge is 2.16. The molecule has 0 aliphatic rings. The topological polar surface area (TPSA) is 196 Å². The Balaban J connectivity index is 1.14. The van der Waals surface area contributed by atoms with E-state index in [9.17, 15) is 19.8 Å². The van der Waals surface area contributed by atoms with Crippen molar-refractivity contribution in [3.8, 4) is 39.5 Å². The third-order valence-corrected chi connectivity index (χ3v) is 9.21. The van der Waals surface area contributed by atoms with Crippen LogP contribution < -0.4 is 14.2 Å². The molecule has 0 aliphatic carbocycles. The molecular weight excluding hydrogens is 833 g/mol. The SMILES string of the molecule is COCCOCCOCCOc1ccc(-c2cc(C)cc(OCCOCCOCCOc3cc(C)cc(-c4ccc(COCCOCCOCCO)c(C(=O)O)c4)c3)c2)cc1C(=O)O. The van der Waals surface area contributed by atoms with Gasteiger partial charge in [-0.05, 0) is 95.3 Å². The first-order valence-corrected chi connectivity index (χ1v) is 21.2. The Morgan fingerprint density at radius 2 is 0.859 bits per heavy atom. The summed E-state index contributed by atoms with van der Waals surface area (Å²) < 4.78 is 61.1. The van der Waals surface area contributed by atoms with Crippen molar-refractivity contribution < 1.29 is 77.0 Å². The lowest BCUT2D eigenvalue weighted by atomic mass is 9.98. The number of carboxylic acids is 2. The number of aliphatic hydroxyl groups is 1. The normalized spacial score (nSPS) is 11.2.